The van der Waals surface area contributed by atoms with E-state index in [2.05, 4.69) is 23.3 Å². The van der Waals surface area contributed by atoms with Crippen LogP contribution in [0.5, 0.6) is 0 Å². The molecule has 1 aliphatic rings. The monoisotopic (exact) mass is 176 g/mol. The van der Waals surface area contributed by atoms with Crippen LogP contribution in [0.3, 0.4) is 0 Å². The molecule has 1 aromatic heterocycles. The van der Waals surface area contributed by atoms with Gasteiger partial charge in [-0.2, -0.15) is 0 Å². The molecular weight excluding hydrogens is 160 g/mol. The summed E-state index contributed by atoms with van der Waals surface area (Å²) in [5.41, 5.74) is 1.80. The molecule has 0 radical (unpaired) electrons. The van der Waals surface area contributed by atoms with Gasteiger partial charge < -0.3 is 5.32 Å². The van der Waals surface area contributed by atoms with Crippen LogP contribution in [0.4, 0.5) is 0 Å². The van der Waals surface area contributed by atoms with E-state index in [1.165, 1.54) is 12.0 Å². The molecule has 2 nitrogen and oxygen atoms in total. The Kier molecular flexibility index (Phi) is 2.32. The fraction of sp³-hybridized carbons (Fsp3) is 0.545. The molecule has 1 unspecified atom stereocenters. The Morgan fingerprint density at radius 3 is 3.15 bits per heavy atom. The molecule has 0 aliphatic carbocycles. The molecule has 2 heteroatoms. The highest BCUT2D eigenvalue weighted by molar-refractivity contribution is 5.11. The van der Waals surface area contributed by atoms with Crippen molar-refractivity contribution in [3.63, 3.8) is 0 Å². The third kappa shape index (κ3) is 2.07. The van der Waals surface area contributed by atoms with Gasteiger partial charge in [-0.15, -0.1) is 0 Å². The van der Waals surface area contributed by atoms with Crippen molar-refractivity contribution in [2.45, 2.75) is 19.8 Å². The summed E-state index contributed by atoms with van der Waals surface area (Å²) in [5, 5.41) is 3.41. The van der Waals surface area contributed by atoms with Gasteiger partial charge in [-0.3, -0.25) is 4.98 Å². The minimum absolute atomic E-state index is 0.447. The molecule has 70 valence electrons. The van der Waals surface area contributed by atoms with E-state index >= 15 is 0 Å². The molecule has 1 fully saturated rings. The van der Waals surface area contributed by atoms with Crippen LogP contribution in [0.1, 0.15) is 18.9 Å². The van der Waals surface area contributed by atoms with E-state index in [1.807, 2.05) is 18.5 Å². The molecule has 0 aromatic carbocycles. The summed E-state index contributed by atoms with van der Waals surface area (Å²) in [5.74, 6) is 0. The highest BCUT2D eigenvalue weighted by Crippen LogP contribution is 2.28. The van der Waals surface area contributed by atoms with Crippen LogP contribution in [0.2, 0.25) is 0 Å². The zero-order valence-electron chi connectivity index (χ0n) is 8.09. The highest BCUT2D eigenvalue weighted by atomic mass is 14.9. The van der Waals surface area contributed by atoms with Gasteiger partial charge in [-0.05, 0) is 36.4 Å². The highest BCUT2D eigenvalue weighted by Gasteiger charge is 2.28. The molecule has 0 bridgehead atoms. The summed E-state index contributed by atoms with van der Waals surface area (Å²) in [6.07, 6.45) is 6.23. The van der Waals surface area contributed by atoms with E-state index in [9.17, 15) is 0 Å². The van der Waals surface area contributed by atoms with E-state index < -0.39 is 0 Å². The van der Waals surface area contributed by atoms with Crippen molar-refractivity contribution < 1.29 is 0 Å². The molecule has 1 N–H and O–H groups in total. The lowest BCUT2D eigenvalue weighted by Crippen LogP contribution is -2.22. The third-order valence-corrected chi connectivity index (χ3v) is 2.81. The SMILES string of the molecule is CC1(Cc2cccnc2)CCNC1. The number of nitrogens with zero attached hydrogens (tertiary/aromatic N) is 1. The average molecular weight is 176 g/mol. The summed E-state index contributed by atoms with van der Waals surface area (Å²) < 4.78 is 0. The van der Waals surface area contributed by atoms with Crippen molar-refractivity contribution >= 4 is 0 Å². The molecule has 1 saturated heterocycles. The number of nitrogens with one attached hydrogen (secondary N) is 1. The maximum Gasteiger partial charge on any atom is 0.0300 e. The predicted octanol–water partition coefficient (Wildman–Crippen LogP) is 1.62. The van der Waals surface area contributed by atoms with Crippen molar-refractivity contribution in [2.24, 2.45) is 5.41 Å². The van der Waals surface area contributed by atoms with Crippen LogP contribution in [-0.4, -0.2) is 18.1 Å². The molecule has 1 aromatic rings. The van der Waals surface area contributed by atoms with Gasteiger partial charge in [0.1, 0.15) is 0 Å². The Hall–Kier alpha value is -0.890. The van der Waals surface area contributed by atoms with E-state index in [-0.39, 0.29) is 0 Å². The van der Waals surface area contributed by atoms with Gasteiger partial charge in [0.15, 0.2) is 0 Å². The lowest BCUT2D eigenvalue weighted by molar-refractivity contribution is 0.362. The summed E-state index contributed by atoms with van der Waals surface area (Å²) in [4.78, 5) is 4.14. The number of aromatic nitrogens is 1. The van der Waals surface area contributed by atoms with Gasteiger partial charge >= 0.3 is 0 Å². The third-order valence-electron chi connectivity index (χ3n) is 2.81. The summed E-state index contributed by atoms with van der Waals surface area (Å²) >= 11 is 0. The first-order valence-electron chi connectivity index (χ1n) is 4.88. The summed E-state index contributed by atoms with van der Waals surface area (Å²) in [7, 11) is 0. The normalized spacial score (nSPS) is 27.8. The van der Waals surface area contributed by atoms with Crippen molar-refractivity contribution in [3.8, 4) is 0 Å². The molecule has 0 saturated carbocycles. The molecule has 13 heavy (non-hydrogen) atoms. The number of hydrogen-bond acceptors (Lipinski definition) is 2. The first kappa shape index (κ1) is 8.70. The molecule has 2 heterocycles. The second kappa shape index (κ2) is 3.46. The van der Waals surface area contributed by atoms with Gasteiger partial charge in [0.25, 0.3) is 0 Å². The van der Waals surface area contributed by atoms with E-state index in [4.69, 9.17) is 0 Å². The zero-order valence-corrected chi connectivity index (χ0v) is 8.09. The van der Waals surface area contributed by atoms with Crippen LogP contribution in [0.25, 0.3) is 0 Å². The van der Waals surface area contributed by atoms with Crippen molar-refractivity contribution in [3.05, 3.63) is 30.1 Å². The largest absolute Gasteiger partial charge is 0.316 e. The number of rotatable bonds is 2. The van der Waals surface area contributed by atoms with Gasteiger partial charge in [0.05, 0.1) is 0 Å². The fourth-order valence-corrected chi connectivity index (χ4v) is 2.02. The maximum atomic E-state index is 4.14. The Labute approximate surface area is 79.4 Å². The Balaban J connectivity index is 2.05. The van der Waals surface area contributed by atoms with Crippen LogP contribution in [-0.2, 0) is 6.42 Å². The van der Waals surface area contributed by atoms with Gasteiger partial charge in [0, 0.05) is 18.9 Å². The van der Waals surface area contributed by atoms with Crippen LogP contribution >= 0.6 is 0 Å². The van der Waals surface area contributed by atoms with Gasteiger partial charge in [-0.1, -0.05) is 13.0 Å². The Morgan fingerprint density at radius 2 is 2.54 bits per heavy atom. The van der Waals surface area contributed by atoms with Crippen LogP contribution in [0.15, 0.2) is 24.5 Å². The van der Waals surface area contributed by atoms with Crippen LogP contribution in [0, 0.1) is 5.41 Å². The zero-order chi connectivity index (χ0) is 9.15. The smallest absolute Gasteiger partial charge is 0.0300 e. The quantitative estimate of drug-likeness (QED) is 0.740. The average Bonchev–Trinajstić information content (AvgIpc) is 2.54. The molecule has 1 atom stereocenters. The standard InChI is InChI=1S/C11H16N2/c1-11(4-6-13-9-11)7-10-3-2-5-12-8-10/h2-3,5,8,13H,4,6-7,9H2,1H3. The lowest BCUT2D eigenvalue weighted by Gasteiger charge is -2.22. The lowest BCUT2D eigenvalue weighted by atomic mass is 9.83. The summed E-state index contributed by atoms with van der Waals surface area (Å²) in [6, 6.07) is 4.18. The van der Waals surface area contributed by atoms with Gasteiger partial charge in [-0.25, -0.2) is 0 Å². The molecule has 1 aliphatic heterocycles. The second-order valence-electron chi connectivity index (χ2n) is 4.28. The maximum absolute atomic E-state index is 4.14. The second-order valence-corrected chi connectivity index (χ2v) is 4.28. The first-order valence-corrected chi connectivity index (χ1v) is 4.88. The van der Waals surface area contributed by atoms with E-state index in [0.29, 0.717) is 5.41 Å². The predicted molar refractivity (Wildman–Crippen MR) is 53.5 cm³/mol. The Morgan fingerprint density at radius 1 is 1.62 bits per heavy atom. The van der Waals surface area contributed by atoms with E-state index in [1.54, 1.807) is 0 Å². The van der Waals surface area contributed by atoms with E-state index in [0.717, 1.165) is 19.5 Å². The molecule has 2 rings (SSSR count). The van der Waals surface area contributed by atoms with Crippen molar-refractivity contribution in [1.29, 1.82) is 0 Å². The minimum atomic E-state index is 0.447. The Bertz CT molecular complexity index is 263. The number of hydrogen-bond donors (Lipinski definition) is 1. The van der Waals surface area contributed by atoms with Crippen molar-refractivity contribution in [2.75, 3.05) is 13.1 Å². The number of pyridine rings is 1. The minimum Gasteiger partial charge on any atom is -0.316 e. The molecule has 0 spiro atoms. The molecule has 0 amide bonds. The van der Waals surface area contributed by atoms with Crippen LogP contribution < -0.4 is 5.32 Å². The first-order chi connectivity index (χ1) is 6.29. The molecular formula is C11H16N2. The summed E-state index contributed by atoms with van der Waals surface area (Å²) in [6.45, 7) is 4.65. The van der Waals surface area contributed by atoms with Crippen molar-refractivity contribution in [1.82, 2.24) is 10.3 Å². The fourth-order valence-electron chi connectivity index (χ4n) is 2.02. The topological polar surface area (TPSA) is 24.9 Å². The van der Waals surface area contributed by atoms with Gasteiger partial charge in [0.2, 0.25) is 0 Å².